The Morgan fingerprint density at radius 1 is 1.10 bits per heavy atom. The largest absolute Gasteiger partial charge is 0.480 e. The molecule has 0 amide bonds. The predicted octanol–water partition coefficient (Wildman–Crippen LogP) is 3.05. The lowest BCUT2D eigenvalue weighted by Gasteiger charge is -2.10. The van der Waals surface area contributed by atoms with Crippen molar-refractivity contribution >= 4 is 5.97 Å². The summed E-state index contributed by atoms with van der Waals surface area (Å²) in [6.07, 6.45) is 0.305. The monoisotopic (exact) mass is 285 g/mol. The van der Waals surface area contributed by atoms with Gasteiger partial charge in [-0.15, -0.1) is 0 Å². The quantitative estimate of drug-likeness (QED) is 0.885. The second kappa shape index (κ2) is 6.41. The van der Waals surface area contributed by atoms with Crippen molar-refractivity contribution in [2.75, 3.05) is 0 Å². The van der Waals surface area contributed by atoms with Crippen LogP contribution in [0.2, 0.25) is 0 Å². The van der Waals surface area contributed by atoms with E-state index in [-0.39, 0.29) is 0 Å². The van der Waals surface area contributed by atoms with Crippen molar-refractivity contribution < 1.29 is 14.6 Å². The SMILES string of the molecule is Cc1ccc(Oc2ccc(C[C@H](N)C(=O)O)cc2)cc1C. The number of ether oxygens (including phenoxy) is 1. The van der Waals surface area contributed by atoms with E-state index in [0.717, 1.165) is 11.3 Å². The van der Waals surface area contributed by atoms with Crippen LogP contribution in [0.15, 0.2) is 42.5 Å². The molecule has 0 heterocycles. The summed E-state index contributed by atoms with van der Waals surface area (Å²) in [5.74, 6) is 0.504. The fourth-order valence-corrected chi connectivity index (χ4v) is 1.95. The molecule has 110 valence electrons. The van der Waals surface area contributed by atoms with Crippen molar-refractivity contribution in [3.8, 4) is 11.5 Å². The molecule has 0 fully saturated rings. The third-order valence-corrected chi connectivity index (χ3v) is 3.41. The second-order valence-electron chi connectivity index (χ2n) is 5.14. The fraction of sp³-hybridized carbons (Fsp3) is 0.235. The van der Waals surface area contributed by atoms with E-state index < -0.39 is 12.0 Å². The molecule has 2 rings (SSSR count). The molecule has 0 saturated heterocycles. The molecular weight excluding hydrogens is 266 g/mol. The molecule has 2 aromatic rings. The fourth-order valence-electron chi connectivity index (χ4n) is 1.95. The molecule has 4 heteroatoms. The molecule has 1 atom stereocenters. The molecular formula is C17H19NO3. The van der Waals surface area contributed by atoms with Gasteiger partial charge in [-0.1, -0.05) is 18.2 Å². The van der Waals surface area contributed by atoms with Gasteiger partial charge in [0.2, 0.25) is 0 Å². The van der Waals surface area contributed by atoms with E-state index in [1.54, 1.807) is 0 Å². The summed E-state index contributed by atoms with van der Waals surface area (Å²) in [6.45, 7) is 4.10. The topological polar surface area (TPSA) is 72.5 Å². The van der Waals surface area contributed by atoms with Crippen LogP contribution in [0.3, 0.4) is 0 Å². The number of nitrogens with two attached hydrogens (primary N) is 1. The minimum Gasteiger partial charge on any atom is -0.480 e. The van der Waals surface area contributed by atoms with E-state index in [2.05, 4.69) is 6.92 Å². The van der Waals surface area contributed by atoms with Gasteiger partial charge < -0.3 is 15.6 Å². The second-order valence-corrected chi connectivity index (χ2v) is 5.14. The van der Waals surface area contributed by atoms with Gasteiger partial charge in [0.1, 0.15) is 17.5 Å². The minimum absolute atomic E-state index is 0.305. The van der Waals surface area contributed by atoms with E-state index >= 15 is 0 Å². The number of aliphatic carboxylic acids is 1. The Bertz CT molecular complexity index is 635. The molecule has 0 aliphatic heterocycles. The third-order valence-electron chi connectivity index (χ3n) is 3.41. The van der Waals surface area contributed by atoms with E-state index in [9.17, 15) is 4.79 Å². The molecule has 0 aliphatic rings. The van der Waals surface area contributed by atoms with Gasteiger partial charge in [-0.25, -0.2) is 0 Å². The van der Waals surface area contributed by atoms with Gasteiger partial charge in [0, 0.05) is 0 Å². The first-order chi connectivity index (χ1) is 9.95. The Balaban J connectivity index is 2.05. The molecule has 2 aromatic carbocycles. The highest BCUT2D eigenvalue weighted by Gasteiger charge is 2.11. The van der Waals surface area contributed by atoms with Gasteiger partial charge in [0.25, 0.3) is 0 Å². The maximum absolute atomic E-state index is 10.7. The summed E-state index contributed by atoms with van der Waals surface area (Å²) in [4.78, 5) is 10.7. The van der Waals surface area contributed by atoms with E-state index in [0.29, 0.717) is 12.2 Å². The highest BCUT2D eigenvalue weighted by atomic mass is 16.5. The van der Waals surface area contributed by atoms with Crippen LogP contribution in [0.5, 0.6) is 11.5 Å². The van der Waals surface area contributed by atoms with Crippen molar-refractivity contribution in [1.29, 1.82) is 0 Å². The minimum atomic E-state index is -0.995. The molecule has 3 N–H and O–H groups in total. The van der Waals surface area contributed by atoms with Crippen LogP contribution < -0.4 is 10.5 Å². The van der Waals surface area contributed by atoms with E-state index in [1.165, 1.54) is 11.1 Å². The molecule has 0 spiro atoms. The average Bonchev–Trinajstić information content (AvgIpc) is 2.45. The molecule has 0 bridgehead atoms. The number of carboxylic acid groups (broad SMARTS) is 1. The van der Waals surface area contributed by atoms with Gasteiger partial charge in [-0.3, -0.25) is 4.79 Å². The maximum atomic E-state index is 10.7. The number of benzene rings is 2. The van der Waals surface area contributed by atoms with Crippen LogP contribution in [-0.2, 0) is 11.2 Å². The van der Waals surface area contributed by atoms with Crippen molar-refractivity contribution in [3.05, 3.63) is 59.2 Å². The summed E-state index contributed by atoms with van der Waals surface area (Å²) in [5.41, 5.74) is 8.78. The highest BCUT2D eigenvalue weighted by molar-refractivity contribution is 5.73. The van der Waals surface area contributed by atoms with Crippen LogP contribution in [-0.4, -0.2) is 17.1 Å². The van der Waals surface area contributed by atoms with Gasteiger partial charge in [0.15, 0.2) is 0 Å². The average molecular weight is 285 g/mol. The predicted molar refractivity (Wildman–Crippen MR) is 81.7 cm³/mol. The van der Waals surface area contributed by atoms with Crippen LogP contribution in [0.25, 0.3) is 0 Å². The molecule has 0 aliphatic carbocycles. The number of hydrogen-bond acceptors (Lipinski definition) is 3. The van der Waals surface area contributed by atoms with E-state index in [1.807, 2.05) is 49.4 Å². The lowest BCUT2D eigenvalue weighted by Crippen LogP contribution is -2.32. The zero-order chi connectivity index (χ0) is 15.4. The summed E-state index contributed by atoms with van der Waals surface area (Å²) in [5, 5.41) is 8.79. The lowest BCUT2D eigenvalue weighted by molar-refractivity contribution is -0.138. The van der Waals surface area contributed by atoms with Crippen molar-refractivity contribution in [2.24, 2.45) is 5.73 Å². The first-order valence-corrected chi connectivity index (χ1v) is 6.78. The smallest absolute Gasteiger partial charge is 0.320 e. The van der Waals surface area contributed by atoms with Crippen molar-refractivity contribution in [1.82, 2.24) is 0 Å². The van der Waals surface area contributed by atoms with Gasteiger partial charge in [0.05, 0.1) is 0 Å². The van der Waals surface area contributed by atoms with Gasteiger partial charge in [-0.05, 0) is 61.2 Å². The molecule has 0 radical (unpaired) electrons. The van der Waals surface area contributed by atoms with Crippen LogP contribution in [0, 0.1) is 13.8 Å². The number of carbonyl (C=O) groups is 1. The lowest BCUT2D eigenvalue weighted by atomic mass is 10.1. The maximum Gasteiger partial charge on any atom is 0.320 e. The zero-order valence-corrected chi connectivity index (χ0v) is 12.2. The zero-order valence-electron chi connectivity index (χ0n) is 12.2. The van der Waals surface area contributed by atoms with Crippen LogP contribution in [0.1, 0.15) is 16.7 Å². The number of aryl methyl sites for hydroxylation is 2. The Labute approximate surface area is 124 Å². The first-order valence-electron chi connectivity index (χ1n) is 6.78. The van der Waals surface area contributed by atoms with E-state index in [4.69, 9.17) is 15.6 Å². The Kier molecular flexibility index (Phi) is 4.60. The molecule has 0 unspecified atom stereocenters. The summed E-state index contributed by atoms with van der Waals surface area (Å²) < 4.78 is 5.77. The Morgan fingerprint density at radius 2 is 1.71 bits per heavy atom. The normalized spacial score (nSPS) is 12.0. The Morgan fingerprint density at radius 3 is 2.29 bits per heavy atom. The number of rotatable bonds is 5. The molecule has 21 heavy (non-hydrogen) atoms. The first kappa shape index (κ1) is 15.1. The molecule has 0 saturated carbocycles. The van der Waals surface area contributed by atoms with Crippen LogP contribution in [0.4, 0.5) is 0 Å². The standard InChI is InChI=1S/C17H19NO3/c1-11-3-6-15(9-12(11)2)21-14-7-4-13(5-8-14)10-16(18)17(19)20/h3-9,16H,10,18H2,1-2H3,(H,19,20)/t16-/m0/s1. The number of carboxylic acids is 1. The summed E-state index contributed by atoms with van der Waals surface area (Å²) in [6, 6.07) is 12.4. The molecule has 4 nitrogen and oxygen atoms in total. The van der Waals surface area contributed by atoms with Crippen molar-refractivity contribution in [2.45, 2.75) is 26.3 Å². The van der Waals surface area contributed by atoms with Crippen molar-refractivity contribution in [3.63, 3.8) is 0 Å². The number of hydrogen-bond donors (Lipinski definition) is 2. The summed E-state index contributed by atoms with van der Waals surface area (Å²) in [7, 11) is 0. The van der Waals surface area contributed by atoms with Gasteiger partial charge in [-0.2, -0.15) is 0 Å². The third kappa shape index (κ3) is 4.07. The van der Waals surface area contributed by atoms with Gasteiger partial charge >= 0.3 is 5.97 Å². The highest BCUT2D eigenvalue weighted by Crippen LogP contribution is 2.24. The van der Waals surface area contributed by atoms with Crippen LogP contribution >= 0.6 is 0 Å². The summed E-state index contributed by atoms with van der Waals surface area (Å²) >= 11 is 0. The molecule has 0 aromatic heterocycles. The Hall–Kier alpha value is -2.33.